The summed E-state index contributed by atoms with van der Waals surface area (Å²) in [7, 11) is 1.51. The molecule has 1 heterocycles. The zero-order valence-corrected chi connectivity index (χ0v) is 13.8. The molecule has 8 heteroatoms. The number of amides is 1. The van der Waals surface area contributed by atoms with Crippen LogP contribution in [0.4, 0.5) is 10.5 Å². The second kappa shape index (κ2) is 6.61. The highest BCUT2D eigenvalue weighted by Gasteiger charge is 2.19. The number of anilines is 1. The summed E-state index contributed by atoms with van der Waals surface area (Å²) >= 11 is 0. The van der Waals surface area contributed by atoms with Crippen LogP contribution in [0.1, 0.15) is 31.3 Å². The Bertz CT molecular complexity index is 761. The second-order valence-corrected chi connectivity index (χ2v) is 6.01. The molecule has 0 saturated heterocycles. The van der Waals surface area contributed by atoms with E-state index in [9.17, 15) is 9.59 Å². The lowest BCUT2D eigenvalue weighted by Crippen LogP contribution is -2.27. The minimum absolute atomic E-state index is 0.0592. The van der Waals surface area contributed by atoms with Gasteiger partial charge in [0.15, 0.2) is 0 Å². The van der Waals surface area contributed by atoms with Gasteiger partial charge in [-0.05, 0) is 45.0 Å². The first-order valence-electron chi connectivity index (χ1n) is 7.17. The predicted octanol–water partition coefficient (Wildman–Crippen LogP) is 3.13. The van der Waals surface area contributed by atoms with Crippen LogP contribution in [-0.4, -0.2) is 40.1 Å². The number of carbonyl (C=O) groups is 2. The summed E-state index contributed by atoms with van der Waals surface area (Å²) in [6.07, 6.45) is -0.622. The summed E-state index contributed by atoms with van der Waals surface area (Å²) in [4.78, 5) is 23.0. The molecule has 0 aliphatic carbocycles. The number of benzene rings is 1. The van der Waals surface area contributed by atoms with E-state index in [1.165, 1.54) is 13.2 Å². The Morgan fingerprint density at radius 2 is 1.96 bits per heavy atom. The fraction of sp³-hybridized carbons (Fsp3) is 0.312. The average molecular weight is 333 g/mol. The monoisotopic (exact) mass is 333 g/mol. The number of nitrogens with zero attached hydrogens (tertiary/aromatic N) is 1. The third-order valence-corrected chi connectivity index (χ3v) is 2.95. The number of hydrogen-bond donors (Lipinski definition) is 3. The first-order valence-corrected chi connectivity index (χ1v) is 7.17. The third kappa shape index (κ3) is 4.25. The number of H-pyrrole nitrogens is 1. The van der Waals surface area contributed by atoms with Crippen LogP contribution in [0.15, 0.2) is 24.3 Å². The van der Waals surface area contributed by atoms with Crippen molar-refractivity contribution < 1.29 is 24.2 Å². The standard InChI is InChI=1S/C16H19N3O5/c1-16(2,3)24-15(22)17-11-6-5-9(23-4)7-10(11)12-8-13(14(20)21)19-18-12/h5-8H,1-4H3,(H,17,22)(H,18,19)(H,20,21). The second-order valence-electron chi connectivity index (χ2n) is 6.01. The van der Waals surface area contributed by atoms with Gasteiger partial charge in [-0.15, -0.1) is 0 Å². The number of nitrogens with one attached hydrogen (secondary N) is 2. The molecule has 24 heavy (non-hydrogen) atoms. The van der Waals surface area contributed by atoms with Crippen LogP contribution in [0.3, 0.4) is 0 Å². The number of aromatic carboxylic acids is 1. The number of carboxylic acids is 1. The van der Waals surface area contributed by atoms with Crippen molar-refractivity contribution in [1.29, 1.82) is 0 Å². The summed E-state index contributed by atoms with van der Waals surface area (Å²) in [6, 6.07) is 6.32. The summed E-state index contributed by atoms with van der Waals surface area (Å²) < 4.78 is 10.4. The molecule has 3 N–H and O–H groups in total. The van der Waals surface area contributed by atoms with Crippen LogP contribution in [0, 0.1) is 0 Å². The highest BCUT2D eigenvalue weighted by Crippen LogP contribution is 2.31. The van der Waals surface area contributed by atoms with Gasteiger partial charge in [0.05, 0.1) is 18.5 Å². The molecule has 0 fully saturated rings. The van der Waals surface area contributed by atoms with E-state index in [0.29, 0.717) is 22.7 Å². The minimum Gasteiger partial charge on any atom is -0.497 e. The van der Waals surface area contributed by atoms with Gasteiger partial charge in [0, 0.05) is 5.56 Å². The number of carboxylic acid groups (broad SMARTS) is 1. The van der Waals surface area contributed by atoms with E-state index in [1.54, 1.807) is 39.0 Å². The number of carbonyl (C=O) groups excluding carboxylic acids is 1. The van der Waals surface area contributed by atoms with Crippen molar-refractivity contribution in [1.82, 2.24) is 10.2 Å². The predicted molar refractivity (Wildman–Crippen MR) is 87.4 cm³/mol. The zero-order chi connectivity index (χ0) is 17.9. The van der Waals surface area contributed by atoms with Gasteiger partial charge in [-0.25, -0.2) is 9.59 Å². The lowest BCUT2D eigenvalue weighted by Gasteiger charge is -2.20. The molecule has 1 aromatic carbocycles. The largest absolute Gasteiger partial charge is 0.497 e. The normalized spacial score (nSPS) is 11.0. The molecule has 0 saturated carbocycles. The van der Waals surface area contributed by atoms with Crippen molar-refractivity contribution in [2.45, 2.75) is 26.4 Å². The van der Waals surface area contributed by atoms with E-state index in [4.69, 9.17) is 14.6 Å². The van der Waals surface area contributed by atoms with Crippen molar-refractivity contribution in [3.05, 3.63) is 30.0 Å². The van der Waals surface area contributed by atoms with Crippen LogP contribution < -0.4 is 10.1 Å². The van der Waals surface area contributed by atoms with Crippen LogP contribution >= 0.6 is 0 Å². The van der Waals surface area contributed by atoms with Crippen molar-refractivity contribution >= 4 is 17.7 Å². The topological polar surface area (TPSA) is 114 Å². The molecular formula is C16H19N3O5. The molecule has 0 unspecified atom stereocenters. The number of hydrogen-bond acceptors (Lipinski definition) is 5. The quantitative estimate of drug-likeness (QED) is 0.792. The van der Waals surface area contributed by atoms with Gasteiger partial charge in [-0.3, -0.25) is 10.4 Å². The Balaban J connectivity index is 2.37. The average Bonchev–Trinajstić information content (AvgIpc) is 2.95. The molecule has 0 radical (unpaired) electrons. The van der Waals surface area contributed by atoms with E-state index >= 15 is 0 Å². The number of methoxy groups -OCH3 is 1. The summed E-state index contributed by atoms with van der Waals surface area (Å²) in [5.74, 6) is -0.585. The van der Waals surface area contributed by atoms with E-state index in [2.05, 4.69) is 15.5 Å². The number of aromatic nitrogens is 2. The molecule has 0 bridgehead atoms. The van der Waals surface area contributed by atoms with Crippen molar-refractivity contribution in [3.63, 3.8) is 0 Å². The first kappa shape index (κ1) is 17.3. The SMILES string of the molecule is COc1ccc(NC(=O)OC(C)(C)C)c(-c2cc(C(=O)O)[nH]n2)c1. The van der Waals surface area contributed by atoms with Crippen LogP contribution in [0.2, 0.25) is 0 Å². The fourth-order valence-corrected chi connectivity index (χ4v) is 1.95. The molecule has 128 valence electrons. The van der Waals surface area contributed by atoms with E-state index in [-0.39, 0.29) is 5.69 Å². The lowest BCUT2D eigenvalue weighted by atomic mass is 10.1. The number of ether oxygens (including phenoxy) is 2. The maximum atomic E-state index is 12.0. The smallest absolute Gasteiger partial charge is 0.412 e. The summed E-state index contributed by atoms with van der Waals surface area (Å²) in [6.45, 7) is 5.27. The zero-order valence-electron chi connectivity index (χ0n) is 13.8. The fourth-order valence-electron chi connectivity index (χ4n) is 1.95. The molecule has 0 spiro atoms. The Morgan fingerprint density at radius 1 is 1.25 bits per heavy atom. The van der Waals surface area contributed by atoms with E-state index < -0.39 is 17.7 Å². The molecule has 1 aromatic heterocycles. The van der Waals surface area contributed by atoms with Crippen LogP contribution in [0.5, 0.6) is 5.75 Å². The highest BCUT2D eigenvalue weighted by molar-refractivity contribution is 5.93. The Hall–Kier alpha value is -3.03. The molecule has 8 nitrogen and oxygen atoms in total. The van der Waals surface area contributed by atoms with Gasteiger partial charge >= 0.3 is 12.1 Å². The Kier molecular flexibility index (Phi) is 4.77. The van der Waals surface area contributed by atoms with Crippen molar-refractivity contribution in [2.75, 3.05) is 12.4 Å². The Morgan fingerprint density at radius 3 is 2.50 bits per heavy atom. The van der Waals surface area contributed by atoms with Crippen LogP contribution in [0.25, 0.3) is 11.3 Å². The summed E-state index contributed by atoms with van der Waals surface area (Å²) in [5, 5.41) is 18.0. The third-order valence-electron chi connectivity index (χ3n) is 2.95. The van der Waals surface area contributed by atoms with Gasteiger partial charge in [-0.2, -0.15) is 5.10 Å². The molecule has 2 rings (SSSR count). The molecule has 1 amide bonds. The maximum Gasteiger partial charge on any atom is 0.412 e. The summed E-state index contributed by atoms with van der Waals surface area (Å²) in [5.41, 5.74) is 0.588. The lowest BCUT2D eigenvalue weighted by molar-refractivity contribution is 0.0634. The van der Waals surface area contributed by atoms with Crippen LogP contribution in [-0.2, 0) is 4.74 Å². The first-order chi connectivity index (χ1) is 11.2. The minimum atomic E-state index is -1.13. The van der Waals surface area contributed by atoms with Gasteiger partial charge in [0.2, 0.25) is 0 Å². The molecule has 0 atom stereocenters. The molecule has 0 aliphatic heterocycles. The van der Waals surface area contributed by atoms with Crippen molar-refractivity contribution in [2.24, 2.45) is 0 Å². The van der Waals surface area contributed by atoms with Gasteiger partial charge in [0.25, 0.3) is 0 Å². The maximum absolute atomic E-state index is 12.0. The van der Waals surface area contributed by atoms with Gasteiger partial charge in [0.1, 0.15) is 17.0 Å². The highest BCUT2D eigenvalue weighted by atomic mass is 16.6. The number of aromatic amines is 1. The van der Waals surface area contributed by atoms with E-state index in [1.807, 2.05) is 0 Å². The van der Waals surface area contributed by atoms with Crippen molar-refractivity contribution in [3.8, 4) is 17.0 Å². The molecular weight excluding hydrogens is 314 g/mol. The van der Waals surface area contributed by atoms with Gasteiger partial charge < -0.3 is 14.6 Å². The number of rotatable bonds is 4. The van der Waals surface area contributed by atoms with Gasteiger partial charge in [-0.1, -0.05) is 0 Å². The Labute approximate surface area is 138 Å². The molecule has 0 aliphatic rings. The van der Waals surface area contributed by atoms with E-state index in [0.717, 1.165) is 0 Å². The molecule has 2 aromatic rings.